The van der Waals surface area contributed by atoms with Gasteiger partial charge in [0.15, 0.2) is 0 Å². The molecule has 2 aromatic heterocycles. The lowest BCUT2D eigenvalue weighted by Gasteiger charge is -2.10. The predicted octanol–water partition coefficient (Wildman–Crippen LogP) is 1.61. The van der Waals surface area contributed by atoms with Crippen LogP contribution in [0.25, 0.3) is 0 Å². The van der Waals surface area contributed by atoms with Gasteiger partial charge in [0.2, 0.25) is 17.8 Å². The average Bonchev–Trinajstić information content (AvgIpc) is 2.81. The third-order valence-electron chi connectivity index (χ3n) is 2.25. The molecule has 108 valence electrons. The molecule has 0 unspecified atom stereocenters. The van der Waals surface area contributed by atoms with Crippen LogP contribution in [0.4, 0.5) is 11.9 Å². The van der Waals surface area contributed by atoms with E-state index in [1.54, 1.807) is 13.2 Å². The van der Waals surface area contributed by atoms with Crippen LogP contribution in [-0.2, 0) is 6.54 Å². The number of oxazole rings is 1. The Morgan fingerprint density at radius 1 is 1.25 bits per heavy atom. The number of aromatic nitrogens is 4. The fourth-order valence-electron chi connectivity index (χ4n) is 1.45. The van der Waals surface area contributed by atoms with E-state index >= 15 is 0 Å². The molecule has 0 radical (unpaired) electrons. The normalized spacial score (nSPS) is 10.7. The molecule has 0 aliphatic carbocycles. The van der Waals surface area contributed by atoms with Gasteiger partial charge in [-0.2, -0.15) is 15.0 Å². The van der Waals surface area contributed by atoms with E-state index in [0.29, 0.717) is 24.3 Å². The number of hydrogen-bond donors (Lipinski definition) is 2. The first-order valence-corrected chi connectivity index (χ1v) is 6.32. The Bertz CT molecular complexity index is 569. The van der Waals surface area contributed by atoms with Gasteiger partial charge < -0.3 is 19.8 Å². The molecule has 2 N–H and O–H groups in total. The molecule has 0 aliphatic rings. The monoisotopic (exact) mass is 278 g/mol. The predicted molar refractivity (Wildman–Crippen MR) is 73.7 cm³/mol. The van der Waals surface area contributed by atoms with Gasteiger partial charge in [-0.1, -0.05) is 0 Å². The number of nitrogens with one attached hydrogen (secondary N) is 2. The first-order chi connectivity index (χ1) is 9.56. The Hall–Kier alpha value is -2.38. The van der Waals surface area contributed by atoms with Crippen LogP contribution in [0.5, 0.6) is 6.01 Å². The molecule has 2 rings (SSSR count). The topological polar surface area (TPSA) is 98.0 Å². The molecular formula is C12H18N6O2. The second kappa shape index (κ2) is 6.18. The Morgan fingerprint density at radius 2 is 2.00 bits per heavy atom. The minimum atomic E-state index is -0.00986. The molecule has 2 heterocycles. The lowest BCUT2D eigenvalue weighted by Crippen LogP contribution is -2.13. The van der Waals surface area contributed by atoms with Crippen molar-refractivity contribution in [1.29, 1.82) is 0 Å². The highest BCUT2D eigenvalue weighted by Gasteiger charge is 2.09. The van der Waals surface area contributed by atoms with Crippen LogP contribution in [-0.4, -0.2) is 33.1 Å². The Labute approximate surface area is 117 Å². The highest BCUT2D eigenvalue weighted by Crippen LogP contribution is 2.13. The molecule has 0 saturated heterocycles. The summed E-state index contributed by atoms with van der Waals surface area (Å²) in [6, 6.07) is 0.269. The number of aryl methyl sites for hydroxylation is 1. The van der Waals surface area contributed by atoms with Crippen molar-refractivity contribution in [3.8, 4) is 6.01 Å². The van der Waals surface area contributed by atoms with Gasteiger partial charge in [0, 0.05) is 7.05 Å². The Balaban J connectivity index is 2.09. The summed E-state index contributed by atoms with van der Waals surface area (Å²) in [6.07, 6.45) is 1.65. The quantitative estimate of drug-likeness (QED) is 0.822. The van der Waals surface area contributed by atoms with Gasteiger partial charge in [0.05, 0.1) is 18.8 Å². The van der Waals surface area contributed by atoms with E-state index in [-0.39, 0.29) is 12.1 Å². The van der Waals surface area contributed by atoms with Crippen molar-refractivity contribution in [3.05, 3.63) is 17.8 Å². The highest BCUT2D eigenvalue weighted by molar-refractivity contribution is 5.35. The fraction of sp³-hybridized carbons (Fsp3) is 0.500. The third-order valence-corrected chi connectivity index (χ3v) is 2.25. The molecular weight excluding hydrogens is 260 g/mol. The zero-order valence-electron chi connectivity index (χ0n) is 12.0. The van der Waals surface area contributed by atoms with E-state index in [2.05, 4.69) is 30.6 Å². The zero-order valence-corrected chi connectivity index (χ0v) is 12.0. The largest absolute Gasteiger partial charge is 0.461 e. The minimum absolute atomic E-state index is 0.00986. The number of ether oxygens (including phenoxy) is 1. The van der Waals surface area contributed by atoms with E-state index in [1.807, 2.05) is 20.8 Å². The molecule has 0 amide bonds. The summed E-state index contributed by atoms with van der Waals surface area (Å²) in [6.45, 7) is 6.05. The average molecular weight is 278 g/mol. The van der Waals surface area contributed by atoms with Crippen LogP contribution in [0, 0.1) is 6.92 Å². The van der Waals surface area contributed by atoms with Crippen molar-refractivity contribution < 1.29 is 9.15 Å². The first kappa shape index (κ1) is 14.0. The standard InChI is InChI=1S/C12H18N6O2/c1-7(2)19-12-17-10(13-4)16-11(18-12)15-6-9-14-5-8(3)20-9/h5,7H,6H2,1-4H3,(H2,13,15,16,17,18). The lowest BCUT2D eigenvalue weighted by molar-refractivity contribution is 0.222. The third kappa shape index (κ3) is 3.81. The first-order valence-electron chi connectivity index (χ1n) is 6.32. The van der Waals surface area contributed by atoms with E-state index in [4.69, 9.17) is 9.15 Å². The van der Waals surface area contributed by atoms with E-state index in [0.717, 1.165) is 5.76 Å². The molecule has 0 aliphatic heterocycles. The van der Waals surface area contributed by atoms with Gasteiger partial charge in [-0.3, -0.25) is 0 Å². The molecule has 0 fully saturated rings. The molecule has 0 atom stereocenters. The molecule has 2 aromatic rings. The van der Waals surface area contributed by atoms with Crippen LogP contribution in [0.1, 0.15) is 25.5 Å². The van der Waals surface area contributed by atoms with Gasteiger partial charge in [-0.15, -0.1) is 0 Å². The van der Waals surface area contributed by atoms with Crippen molar-refractivity contribution in [2.75, 3.05) is 17.7 Å². The molecule has 0 bridgehead atoms. The smallest absolute Gasteiger partial charge is 0.323 e. The van der Waals surface area contributed by atoms with E-state index in [1.165, 1.54) is 0 Å². The van der Waals surface area contributed by atoms with Crippen LogP contribution in [0.2, 0.25) is 0 Å². The molecule has 8 nitrogen and oxygen atoms in total. The van der Waals surface area contributed by atoms with Crippen LogP contribution < -0.4 is 15.4 Å². The highest BCUT2D eigenvalue weighted by atomic mass is 16.5. The number of anilines is 2. The van der Waals surface area contributed by atoms with Crippen molar-refractivity contribution >= 4 is 11.9 Å². The number of rotatable bonds is 6. The summed E-state index contributed by atoms with van der Waals surface area (Å²) in [5.41, 5.74) is 0. The maximum absolute atomic E-state index is 5.47. The van der Waals surface area contributed by atoms with Gasteiger partial charge in [0.1, 0.15) is 5.76 Å². The lowest BCUT2D eigenvalue weighted by atomic mass is 10.5. The molecule has 0 saturated carbocycles. The summed E-state index contributed by atoms with van der Waals surface area (Å²) in [5, 5.41) is 5.89. The van der Waals surface area contributed by atoms with E-state index in [9.17, 15) is 0 Å². The summed E-state index contributed by atoms with van der Waals surface area (Å²) in [5.74, 6) is 2.16. The summed E-state index contributed by atoms with van der Waals surface area (Å²) in [7, 11) is 1.73. The maximum atomic E-state index is 5.47. The van der Waals surface area contributed by atoms with Crippen LogP contribution in [0.3, 0.4) is 0 Å². The SMILES string of the molecule is CNc1nc(NCc2ncc(C)o2)nc(OC(C)C)n1. The molecule has 20 heavy (non-hydrogen) atoms. The minimum Gasteiger partial charge on any atom is -0.461 e. The van der Waals surface area contributed by atoms with Gasteiger partial charge in [0.25, 0.3) is 0 Å². The molecule has 8 heteroatoms. The zero-order chi connectivity index (χ0) is 14.5. The Morgan fingerprint density at radius 3 is 2.60 bits per heavy atom. The maximum Gasteiger partial charge on any atom is 0.323 e. The van der Waals surface area contributed by atoms with Gasteiger partial charge >= 0.3 is 6.01 Å². The van der Waals surface area contributed by atoms with Crippen LogP contribution >= 0.6 is 0 Å². The second-order valence-electron chi connectivity index (χ2n) is 4.40. The van der Waals surface area contributed by atoms with Gasteiger partial charge in [-0.25, -0.2) is 4.98 Å². The van der Waals surface area contributed by atoms with Crippen molar-refractivity contribution in [3.63, 3.8) is 0 Å². The van der Waals surface area contributed by atoms with Crippen molar-refractivity contribution in [2.24, 2.45) is 0 Å². The molecule has 0 aromatic carbocycles. The van der Waals surface area contributed by atoms with E-state index < -0.39 is 0 Å². The Kier molecular flexibility index (Phi) is 4.34. The summed E-state index contributed by atoms with van der Waals surface area (Å²) >= 11 is 0. The van der Waals surface area contributed by atoms with Crippen molar-refractivity contribution in [2.45, 2.75) is 33.4 Å². The van der Waals surface area contributed by atoms with Crippen LogP contribution in [0.15, 0.2) is 10.6 Å². The number of hydrogen-bond acceptors (Lipinski definition) is 8. The summed E-state index contributed by atoms with van der Waals surface area (Å²) < 4.78 is 10.8. The summed E-state index contributed by atoms with van der Waals surface area (Å²) in [4.78, 5) is 16.6. The second-order valence-corrected chi connectivity index (χ2v) is 4.40. The van der Waals surface area contributed by atoms with Gasteiger partial charge in [-0.05, 0) is 20.8 Å². The van der Waals surface area contributed by atoms with Crippen molar-refractivity contribution in [1.82, 2.24) is 19.9 Å². The number of nitrogens with zero attached hydrogens (tertiary/aromatic N) is 4. The fourth-order valence-corrected chi connectivity index (χ4v) is 1.45. The molecule has 0 spiro atoms.